The lowest BCUT2D eigenvalue weighted by atomic mass is 11.3. The molecule has 0 amide bonds. The van der Waals surface area contributed by atoms with Crippen molar-refractivity contribution in [1.82, 2.24) is 5.23 Å². The normalized spacial score (nSPS) is 25.3. The fourth-order valence-electron chi connectivity index (χ4n) is 0.294. The molecule has 0 aromatic rings. The van der Waals surface area contributed by atoms with Crippen molar-refractivity contribution in [2.75, 3.05) is 20.6 Å². The lowest BCUT2D eigenvalue weighted by Crippen LogP contribution is -2.28. The maximum Gasteiger partial charge on any atom is 0.172 e. The van der Waals surface area contributed by atoms with Gasteiger partial charge in [-0.25, -0.2) is 9.68 Å². The minimum Gasteiger partial charge on any atom is -0.325 e. The van der Waals surface area contributed by atoms with Gasteiger partial charge in [0.2, 0.25) is 0 Å². The molecule has 1 aliphatic heterocycles. The van der Waals surface area contributed by atoms with E-state index < -0.39 is 0 Å². The van der Waals surface area contributed by atoms with Crippen LogP contribution < -0.4 is 0 Å². The van der Waals surface area contributed by atoms with E-state index in [0.717, 1.165) is 0 Å². The van der Waals surface area contributed by atoms with Crippen molar-refractivity contribution >= 4 is 0 Å². The number of hydrogen-bond acceptors (Lipinski definition) is 4. The van der Waals surface area contributed by atoms with Crippen molar-refractivity contribution in [1.29, 1.82) is 0 Å². The van der Waals surface area contributed by atoms with Crippen LogP contribution in [0, 0.1) is 0 Å². The highest BCUT2D eigenvalue weighted by molar-refractivity contribution is 4.06. The highest BCUT2D eigenvalue weighted by Crippen LogP contribution is 1.94. The molecule has 4 heteroatoms. The molecule has 1 fully saturated rings. The molecule has 0 unspecified atom stereocenters. The second-order valence-electron chi connectivity index (χ2n) is 1.14. The van der Waals surface area contributed by atoms with E-state index in [1.807, 2.05) is 0 Å². The van der Waals surface area contributed by atoms with Crippen LogP contribution in [-0.2, 0) is 14.4 Å². The van der Waals surface area contributed by atoms with E-state index in [-0.39, 0.29) is 13.6 Å². The van der Waals surface area contributed by atoms with Gasteiger partial charge in [-0.05, 0) is 0 Å². The van der Waals surface area contributed by atoms with Gasteiger partial charge in [-0.2, -0.15) is 0 Å². The fraction of sp³-hybridized carbons (Fsp3) is 1.00. The Kier molecular flexibility index (Phi) is 1.59. The maximum absolute atomic E-state index is 4.67. The molecule has 0 radical (unpaired) electrons. The molecule has 1 heterocycles. The zero-order valence-corrected chi connectivity index (χ0v) is 4.09. The van der Waals surface area contributed by atoms with Crippen molar-refractivity contribution in [2.45, 2.75) is 0 Å². The van der Waals surface area contributed by atoms with Crippen LogP contribution in [0.2, 0.25) is 0 Å². The lowest BCUT2D eigenvalue weighted by Gasteiger charge is -2.20. The van der Waals surface area contributed by atoms with Gasteiger partial charge in [0, 0.05) is 7.05 Å². The first-order chi connectivity index (χ1) is 3.39. The van der Waals surface area contributed by atoms with Crippen molar-refractivity contribution in [3.8, 4) is 0 Å². The van der Waals surface area contributed by atoms with E-state index in [1.165, 1.54) is 5.23 Å². The molecule has 0 N–H and O–H groups in total. The summed E-state index contributed by atoms with van der Waals surface area (Å²) in [5.41, 5.74) is 0. The van der Waals surface area contributed by atoms with Crippen LogP contribution in [0.4, 0.5) is 0 Å². The average molecular weight is 105 g/mol. The number of hydroxylamine groups is 2. The van der Waals surface area contributed by atoms with E-state index in [2.05, 4.69) is 14.4 Å². The fourth-order valence-corrected chi connectivity index (χ4v) is 0.294. The predicted octanol–water partition coefficient (Wildman–Crippen LogP) is -0.273. The van der Waals surface area contributed by atoms with E-state index in [9.17, 15) is 0 Å². The molecule has 4 nitrogen and oxygen atoms in total. The maximum atomic E-state index is 4.67. The van der Waals surface area contributed by atoms with Crippen LogP contribution in [0.5, 0.6) is 0 Å². The van der Waals surface area contributed by atoms with Crippen LogP contribution >= 0.6 is 0 Å². The van der Waals surface area contributed by atoms with Gasteiger partial charge in [0.25, 0.3) is 0 Å². The largest absolute Gasteiger partial charge is 0.325 e. The van der Waals surface area contributed by atoms with Gasteiger partial charge in [0.05, 0.1) is 0 Å². The molecule has 7 heavy (non-hydrogen) atoms. The molecule has 0 aromatic carbocycles. The zero-order valence-electron chi connectivity index (χ0n) is 4.09. The molecular weight excluding hydrogens is 98.0 g/mol. The monoisotopic (exact) mass is 105 g/mol. The Morgan fingerprint density at radius 1 is 1.29 bits per heavy atom. The molecule has 0 aliphatic carbocycles. The van der Waals surface area contributed by atoms with Crippen LogP contribution in [0.1, 0.15) is 0 Å². The first-order valence-electron chi connectivity index (χ1n) is 1.97. The van der Waals surface area contributed by atoms with Gasteiger partial charge in [-0.3, -0.25) is 0 Å². The average Bonchev–Trinajstić information content (AvgIpc) is 1.69. The minimum absolute atomic E-state index is 0.288. The van der Waals surface area contributed by atoms with Crippen molar-refractivity contribution < 1.29 is 14.4 Å². The lowest BCUT2D eigenvalue weighted by molar-refractivity contribution is -0.450. The summed E-state index contributed by atoms with van der Waals surface area (Å²) in [6, 6.07) is 0. The van der Waals surface area contributed by atoms with Crippen molar-refractivity contribution in [2.24, 2.45) is 0 Å². The second-order valence-corrected chi connectivity index (χ2v) is 1.14. The summed E-state index contributed by atoms with van der Waals surface area (Å²) >= 11 is 0. The Morgan fingerprint density at radius 2 is 1.86 bits per heavy atom. The molecular formula is C3H7NO3. The topological polar surface area (TPSA) is 30.9 Å². The molecule has 0 spiro atoms. The number of hydrogen-bond donors (Lipinski definition) is 0. The minimum atomic E-state index is 0.288. The Bertz CT molecular complexity index is 52.1. The Hall–Kier alpha value is -0.160. The second kappa shape index (κ2) is 2.23. The van der Waals surface area contributed by atoms with Gasteiger partial charge >= 0.3 is 0 Å². The molecule has 1 rings (SSSR count). The summed E-state index contributed by atoms with van der Waals surface area (Å²) in [6.45, 7) is 0.576. The van der Waals surface area contributed by atoms with Gasteiger partial charge in [-0.15, -0.1) is 0 Å². The van der Waals surface area contributed by atoms with Crippen LogP contribution in [-0.4, -0.2) is 25.9 Å². The van der Waals surface area contributed by atoms with Crippen molar-refractivity contribution in [3.05, 3.63) is 0 Å². The van der Waals surface area contributed by atoms with Crippen LogP contribution in [0.15, 0.2) is 0 Å². The molecule has 0 aromatic heterocycles. The summed E-state index contributed by atoms with van der Waals surface area (Å²) in [5, 5.41) is 1.27. The quantitative estimate of drug-likeness (QED) is 0.424. The van der Waals surface area contributed by atoms with Gasteiger partial charge in [-0.1, -0.05) is 5.23 Å². The smallest absolute Gasteiger partial charge is 0.172 e. The summed E-state index contributed by atoms with van der Waals surface area (Å²) < 4.78 is 4.65. The van der Waals surface area contributed by atoms with E-state index in [0.29, 0.717) is 0 Å². The summed E-state index contributed by atoms with van der Waals surface area (Å²) in [6.07, 6.45) is 0. The predicted molar refractivity (Wildman–Crippen MR) is 20.8 cm³/mol. The third-order valence-corrected chi connectivity index (χ3v) is 0.636. The SMILES string of the molecule is CN1OCOCO1. The Balaban J connectivity index is 2.12. The number of nitrogens with zero attached hydrogens (tertiary/aromatic N) is 1. The van der Waals surface area contributed by atoms with E-state index in [4.69, 9.17) is 0 Å². The standard InChI is InChI=1S/C3H7NO3/c1-4-6-2-5-3-7-4/h2-3H2,1H3. The highest BCUT2D eigenvalue weighted by Gasteiger charge is 2.03. The van der Waals surface area contributed by atoms with E-state index >= 15 is 0 Å². The zero-order chi connectivity index (χ0) is 5.11. The van der Waals surface area contributed by atoms with Crippen LogP contribution in [0.3, 0.4) is 0 Å². The molecule has 1 aliphatic rings. The summed E-state index contributed by atoms with van der Waals surface area (Å²) in [4.78, 5) is 9.33. The third kappa shape index (κ3) is 1.40. The molecule has 0 saturated carbocycles. The summed E-state index contributed by atoms with van der Waals surface area (Å²) in [7, 11) is 1.67. The van der Waals surface area contributed by atoms with Crippen molar-refractivity contribution in [3.63, 3.8) is 0 Å². The number of rotatable bonds is 0. The highest BCUT2D eigenvalue weighted by atomic mass is 17.0. The van der Waals surface area contributed by atoms with Gasteiger partial charge in [0.1, 0.15) is 0 Å². The van der Waals surface area contributed by atoms with Gasteiger partial charge < -0.3 is 4.74 Å². The first kappa shape index (κ1) is 4.99. The number of ether oxygens (including phenoxy) is 1. The molecule has 0 bridgehead atoms. The first-order valence-corrected chi connectivity index (χ1v) is 1.97. The van der Waals surface area contributed by atoms with Crippen LogP contribution in [0.25, 0.3) is 0 Å². The molecule has 1 saturated heterocycles. The summed E-state index contributed by atoms with van der Waals surface area (Å²) in [5.74, 6) is 0. The third-order valence-electron chi connectivity index (χ3n) is 0.636. The Morgan fingerprint density at radius 3 is 2.14 bits per heavy atom. The van der Waals surface area contributed by atoms with Gasteiger partial charge in [0.15, 0.2) is 13.6 Å². The van der Waals surface area contributed by atoms with E-state index in [1.54, 1.807) is 7.05 Å². The molecule has 42 valence electrons. The molecule has 0 atom stereocenters. The Labute approximate surface area is 41.5 Å².